The molecule has 1 unspecified atom stereocenters. The van der Waals surface area contributed by atoms with Crippen molar-refractivity contribution in [3.05, 3.63) is 53.6 Å². The molecular formula is C17H21N5O. The fourth-order valence-corrected chi connectivity index (χ4v) is 3.07. The van der Waals surface area contributed by atoms with Crippen molar-refractivity contribution in [2.24, 2.45) is 5.73 Å². The number of nitrogens with zero attached hydrogens (tertiary/aromatic N) is 3. The lowest BCUT2D eigenvalue weighted by Gasteiger charge is -2.34. The second kappa shape index (κ2) is 7.19. The fraction of sp³-hybridized carbons (Fsp3) is 0.353. The highest BCUT2D eigenvalue weighted by Crippen LogP contribution is 2.31. The zero-order valence-electron chi connectivity index (χ0n) is 13.0. The van der Waals surface area contributed by atoms with Gasteiger partial charge in [-0.1, -0.05) is 18.6 Å². The third-order valence-electron chi connectivity index (χ3n) is 4.20. The molecule has 3 rings (SSSR count). The Morgan fingerprint density at radius 2 is 2.35 bits per heavy atom. The summed E-state index contributed by atoms with van der Waals surface area (Å²) in [5.74, 6) is -0.427. The third kappa shape index (κ3) is 3.65. The van der Waals surface area contributed by atoms with Gasteiger partial charge in [0.15, 0.2) is 0 Å². The maximum absolute atomic E-state index is 11.6. The number of hydrogen-bond donors (Lipinski definition) is 2. The standard InChI is InChI=1S/C17H21N5O/c18-17(23)14-12-20-21-16(14)15-8-2-4-10-22(15)11-5-7-13-6-1-3-9-19-13/h1,3,5-7,9,12,15H,2,4,8,10-11H2,(H2,18,23)(H,20,21)/b7-5+. The molecule has 2 aromatic rings. The molecule has 1 aliphatic rings. The Morgan fingerprint density at radius 3 is 3.13 bits per heavy atom. The van der Waals surface area contributed by atoms with E-state index in [2.05, 4.69) is 26.2 Å². The molecule has 1 aliphatic heterocycles. The summed E-state index contributed by atoms with van der Waals surface area (Å²) >= 11 is 0. The van der Waals surface area contributed by atoms with Crippen LogP contribution in [0.5, 0.6) is 0 Å². The van der Waals surface area contributed by atoms with Crippen molar-refractivity contribution < 1.29 is 4.79 Å². The number of amides is 1. The molecule has 3 N–H and O–H groups in total. The molecule has 0 saturated carbocycles. The minimum atomic E-state index is -0.427. The largest absolute Gasteiger partial charge is 0.365 e. The van der Waals surface area contributed by atoms with Gasteiger partial charge in [-0.15, -0.1) is 0 Å². The van der Waals surface area contributed by atoms with Crippen LogP contribution in [0, 0.1) is 0 Å². The highest BCUT2D eigenvalue weighted by molar-refractivity contribution is 5.93. The van der Waals surface area contributed by atoms with Crippen molar-refractivity contribution in [2.75, 3.05) is 13.1 Å². The van der Waals surface area contributed by atoms with Crippen molar-refractivity contribution in [3.63, 3.8) is 0 Å². The average molecular weight is 311 g/mol. The molecule has 0 bridgehead atoms. The molecule has 0 spiro atoms. The van der Waals surface area contributed by atoms with Crippen molar-refractivity contribution in [1.82, 2.24) is 20.1 Å². The first kappa shape index (κ1) is 15.4. The monoisotopic (exact) mass is 311 g/mol. The minimum Gasteiger partial charge on any atom is -0.365 e. The van der Waals surface area contributed by atoms with E-state index in [1.807, 2.05) is 24.3 Å². The Bertz CT molecular complexity index is 679. The molecule has 0 aliphatic carbocycles. The Balaban J connectivity index is 1.73. The number of piperidine rings is 1. The lowest BCUT2D eigenvalue weighted by Crippen LogP contribution is -2.34. The predicted molar refractivity (Wildman–Crippen MR) is 88.5 cm³/mol. The van der Waals surface area contributed by atoms with Crippen LogP contribution in [-0.2, 0) is 0 Å². The van der Waals surface area contributed by atoms with Crippen molar-refractivity contribution in [2.45, 2.75) is 25.3 Å². The topological polar surface area (TPSA) is 87.9 Å². The first-order valence-electron chi connectivity index (χ1n) is 7.90. The van der Waals surface area contributed by atoms with E-state index in [-0.39, 0.29) is 6.04 Å². The van der Waals surface area contributed by atoms with Gasteiger partial charge in [0.1, 0.15) is 0 Å². The number of pyridine rings is 1. The molecule has 6 heteroatoms. The quantitative estimate of drug-likeness (QED) is 0.885. The van der Waals surface area contributed by atoms with Crippen LogP contribution in [0.3, 0.4) is 0 Å². The summed E-state index contributed by atoms with van der Waals surface area (Å²) in [5, 5.41) is 6.97. The second-order valence-electron chi connectivity index (χ2n) is 5.73. The molecule has 1 atom stereocenters. The number of aromatic nitrogens is 3. The lowest BCUT2D eigenvalue weighted by atomic mass is 9.97. The smallest absolute Gasteiger partial charge is 0.252 e. The van der Waals surface area contributed by atoms with E-state index in [1.165, 1.54) is 6.20 Å². The molecule has 0 radical (unpaired) electrons. The zero-order chi connectivity index (χ0) is 16.1. The van der Waals surface area contributed by atoms with Gasteiger partial charge in [-0.05, 0) is 37.6 Å². The molecule has 2 aromatic heterocycles. The lowest BCUT2D eigenvalue weighted by molar-refractivity contribution is 0.0993. The highest BCUT2D eigenvalue weighted by atomic mass is 16.1. The number of carbonyl (C=O) groups is 1. The summed E-state index contributed by atoms with van der Waals surface area (Å²) in [4.78, 5) is 18.2. The maximum atomic E-state index is 11.6. The molecule has 1 amide bonds. The normalized spacial score (nSPS) is 19.2. The van der Waals surface area contributed by atoms with Crippen LogP contribution in [0.1, 0.15) is 47.1 Å². The number of carbonyl (C=O) groups excluding carboxylic acids is 1. The van der Waals surface area contributed by atoms with Gasteiger partial charge in [0.25, 0.3) is 5.91 Å². The first-order valence-corrected chi connectivity index (χ1v) is 7.90. The van der Waals surface area contributed by atoms with Crippen molar-refractivity contribution >= 4 is 12.0 Å². The minimum absolute atomic E-state index is 0.155. The van der Waals surface area contributed by atoms with Crippen LogP contribution in [0.2, 0.25) is 0 Å². The van der Waals surface area contributed by atoms with E-state index in [4.69, 9.17) is 5.73 Å². The Hall–Kier alpha value is -2.47. The third-order valence-corrected chi connectivity index (χ3v) is 4.20. The Labute approximate surface area is 135 Å². The fourth-order valence-electron chi connectivity index (χ4n) is 3.07. The molecule has 23 heavy (non-hydrogen) atoms. The zero-order valence-corrected chi connectivity index (χ0v) is 13.0. The SMILES string of the molecule is NC(=O)c1cn[nH]c1C1CCCCN1C/C=C/c1ccccn1. The number of H-pyrrole nitrogens is 1. The summed E-state index contributed by atoms with van der Waals surface area (Å²) in [7, 11) is 0. The number of nitrogens with two attached hydrogens (primary N) is 1. The molecule has 1 saturated heterocycles. The van der Waals surface area contributed by atoms with E-state index in [0.29, 0.717) is 5.56 Å². The van der Waals surface area contributed by atoms with Gasteiger partial charge in [0.2, 0.25) is 0 Å². The Kier molecular flexibility index (Phi) is 4.83. The van der Waals surface area contributed by atoms with Crippen LogP contribution < -0.4 is 5.73 Å². The summed E-state index contributed by atoms with van der Waals surface area (Å²) in [6, 6.07) is 6.01. The molecule has 1 fully saturated rings. The van der Waals surface area contributed by atoms with Gasteiger partial charge in [-0.3, -0.25) is 19.8 Å². The van der Waals surface area contributed by atoms with Gasteiger partial charge in [-0.25, -0.2) is 0 Å². The number of primary amides is 1. The number of aromatic amines is 1. The van der Waals surface area contributed by atoms with E-state index in [0.717, 1.165) is 43.7 Å². The van der Waals surface area contributed by atoms with Gasteiger partial charge in [-0.2, -0.15) is 5.10 Å². The van der Waals surface area contributed by atoms with Crippen LogP contribution in [-0.4, -0.2) is 39.1 Å². The summed E-state index contributed by atoms with van der Waals surface area (Å²) < 4.78 is 0. The van der Waals surface area contributed by atoms with Crippen LogP contribution in [0.15, 0.2) is 36.7 Å². The second-order valence-corrected chi connectivity index (χ2v) is 5.73. The van der Waals surface area contributed by atoms with Crippen molar-refractivity contribution in [3.8, 4) is 0 Å². The molecule has 120 valence electrons. The highest BCUT2D eigenvalue weighted by Gasteiger charge is 2.27. The number of likely N-dealkylation sites (tertiary alicyclic amines) is 1. The molecule has 0 aromatic carbocycles. The molecule has 6 nitrogen and oxygen atoms in total. The summed E-state index contributed by atoms with van der Waals surface area (Å²) in [6.45, 7) is 1.80. The van der Waals surface area contributed by atoms with Gasteiger partial charge < -0.3 is 5.73 Å². The summed E-state index contributed by atoms with van der Waals surface area (Å²) in [5.41, 5.74) is 7.72. The predicted octanol–water partition coefficient (Wildman–Crippen LogP) is 2.14. The molecule has 3 heterocycles. The first-order chi connectivity index (χ1) is 11.3. The van der Waals surface area contributed by atoms with Crippen LogP contribution in [0.25, 0.3) is 6.08 Å². The van der Waals surface area contributed by atoms with E-state index in [1.54, 1.807) is 6.20 Å². The maximum Gasteiger partial charge on any atom is 0.252 e. The number of rotatable bonds is 5. The number of hydrogen-bond acceptors (Lipinski definition) is 4. The van der Waals surface area contributed by atoms with Gasteiger partial charge >= 0.3 is 0 Å². The van der Waals surface area contributed by atoms with Crippen molar-refractivity contribution in [1.29, 1.82) is 0 Å². The van der Waals surface area contributed by atoms with Gasteiger partial charge in [0, 0.05) is 12.7 Å². The molecular weight excluding hydrogens is 290 g/mol. The van der Waals surface area contributed by atoms with E-state index >= 15 is 0 Å². The van der Waals surface area contributed by atoms with E-state index < -0.39 is 5.91 Å². The average Bonchev–Trinajstić information content (AvgIpc) is 3.06. The van der Waals surface area contributed by atoms with E-state index in [9.17, 15) is 4.79 Å². The van der Waals surface area contributed by atoms with Crippen LogP contribution >= 0.6 is 0 Å². The summed E-state index contributed by atoms with van der Waals surface area (Å²) in [6.07, 6.45) is 10.7. The van der Waals surface area contributed by atoms with Gasteiger partial charge in [0.05, 0.1) is 29.2 Å². The Morgan fingerprint density at radius 1 is 1.43 bits per heavy atom. The van der Waals surface area contributed by atoms with Crippen LogP contribution in [0.4, 0.5) is 0 Å². The number of nitrogens with one attached hydrogen (secondary N) is 1.